The number of hydrogen-bond donors (Lipinski definition) is 0. The number of esters is 1. The zero-order valence-electron chi connectivity index (χ0n) is 16.2. The fraction of sp³-hybridized carbons (Fsp3) is 0.217. The van der Waals surface area contributed by atoms with E-state index in [4.69, 9.17) is 0 Å². The molecule has 0 rings (SSSR count). The first-order valence-electron chi connectivity index (χ1n) is 8.32. The van der Waals surface area contributed by atoms with Crippen molar-refractivity contribution in [2.24, 2.45) is 0 Å². The van der Waals surface area contributed by atoms with E-state index < -0.39 is 0 Å². The average Bonchev–Trinajstić information content (AvgIpc) is 2.62. The molecule has 0 fully saturated rings. The summed E-state index contributed by atoms with van der Waals surface area (Å²) in [7, 11) is 1.35. The van der Waals surface area contributed by atoms with E-state index in [2.05, 4.69) is 4.74 Å². The Bertz CT molecular complexity index is 706. The molecule has 0 aromatic carbocycles. The summed E-state index contributed by atoms with van der Waals surface area (Å²) in [6.45, 7) is 7.69. The number of rotatable bonds is 9. The van der Waals surface area contributed by atoms with Crippen LogP contribution in [0.3, 0.4) is 0 Å². The van der Waals surface area contributed by atoms with Gasteiger partial charge >= 0.3 is 5.97 Å². The van der Waals surface area contributed by atoms with Gasteiger partial charge in [-0.15, -0.1) is 0 Å². The van der Waals surface area contributed by atoms with Gasteiger partial charge in [0.05, 0.1) is 7.11 Å². The minimum absolute atomic E-state index is 0.365. The van der Waals surface area contributed by atoms with Crippen molar-refractivity contribution in [3.05, 3.63) is 95.2 Å². The van der Waals surface area contributed by atoms with E-state index in [9.17, 15) is 9.59 Å². The Hall–Kier alpha value is -2.94. The molecule has 0 aliphatic heterocycles. The van der Waals surface area contributed by atoms with Crippen molar-refractivity contribution in [3.8, 4) is 0 Å². The maximum Gasteiger partial charge on any atom is 0.330 e. The lowest BCUT2D eigenvalue weighted by Crippen LogP contribution is -1.93. The summed E-state index contributed by atoms with van der Waals surface area (Å²) in [6, 6.07) is 0. The van der Waals surface area contributed by atoms with Gasteiger partial charge in [0.25, 0.3) is 0 Å². The molecule has 0 radical (unpaired) electrons. The van der Waals surface area contributed by atoms with E-state index in [0.29, 0.717) is 5.57 Å². The molecule has 0 bridgehead atoms. The van der Waals surface area contributed by atoms with Gasteiger partial charge in [-0.3, -0.25) is 4.79 Å². The molecule has 0 aromatic heterocycles. The minimum atomic E-state index is -0.365. The van der Waals surface area contributed by atoms with E-state index in [1.54, 1.807) is 19.1 Å². The van der Waals surface area contributed by atoms with E-state index >= 15 is 0 Å². The summed E-state index contributed by atoms with van der Waals surface area (Å²) in [6.07, 6.45) is 23.3. The third kappa shape index (κ3) is 13.5. The maximum absolute atomic E-state index is 11.0. The van der Waals surface area contributed by atoms with Crippen molar-refractivity contribution in [2.75, 3.05) is 7.11 Å². The molecular weight excluding hydrogens is 324 g/mol. The molecule has 0 unspecified atom stereocenters. The van der Waals surface area contributed by atoms with Gasteiger partial charge in [-0.2, -0.15) is 0 Å². The highest BCUT2D eigenvalue weighted by Gasteiger charge is 1.89. The minimum Gasteiger partial charge on any atom is -0.466 e. The first kappa shape index (κ1) is 23.1. The van der Waals surface area contributed by atoms with Gasteiger partial charge in [0.15, 0.2) is 0 Å². The van der Waals surface area contributed by atoms with Crippen molar-refractivity contribution >= 4 is 12.3 Å². The standard InChI is InChI=1S/C23H28O3/c1-19(12-8-14-21(3)16-17-23(25)26-5)10-6-7-11-20(2)13-9-15-22(4)18-24/h6-18H,1-5H3/b7-6+,12-8+,13-9+,17-16+,19-10+,20-11+,21-14-,22-15+. The van der Waals surface area contributed by atoms with Gasteiger partial charge in [-0.1, -0.05) is 83.6 Å². The molecule has 0 saturated heterocycles. The Balaban J connectivity index is 4.61. The third-order valence-corrected chi connectivity index (χ3v) is 3.14. The summed E-state index contributed by atoms with van der Waals surface area (Å²) in [5.41, 5.74) is 3.85. The number of carbonyl (C=O) groups excluding carboxylic acids is 2. The lowest BCUT2D eigenvalue weighted by Gasteiger charge is -1.91. The van der Waals surface area contributed by atoms with E-state index in [0.717, 1.165) is 23.0 Å². The Morgan fingerprint density at radius 3 is 1.50 bits per heavy atom. The van der Waals surface area contributed by atoms with Crippen molar-refractivity contribution in [3.63, 3.8) is 0 Å². The molecule has 3 nitrogen and oxygen atoms in total. The normalized spacial score (nSPS) is 15.0. The van der Waals surface area contributed by atoms with Crippen LogP contribution in [0.1, 0.15) is 27.7 Å². The predicted octanol–water partition coefficient (Wildman–Crippen LogP) is 5.37. The molecular formula is C23H28O3. The molecule has 0 spiro atoms. The number of carbonyl (C=O) groups is 2. The van der Waals surface area contributed by atoms with Crippen LogP contribution in [-0.2, 0) is 14.3 Å². The lowest BCUT2D eigenvalue weighted by atomic mass is 10.2. The molecule has 0 heterocycles. The molecule has 26 heavy (non-hydrogen) atoms. The van der Waals surface area contributed by atoms with Crippen LogP contribution in [0.5, 0.6) is 0 Å². The molecule has 0 N–H and O–H groups in total. The van der Waals surface area contributed by atoms with E-state index in [1.807, 2.05) is 75.5 Å². The van der Waals surface area contributed by atoms with Crippen LogP contribution in [-0.4, -0.2) is 19.4 Å². The van der Waals surface area contributed by atoms with Crippen LogP contribution in [0.2, 0.25) is 0 Å². The highest BCUT2D eigenvalue weighted by molar-refractivity contribution is 5.82. The van der Waals surface area contributed by atoms with Crippen LogP contribution in [0.25, 0.3) is 0 Å². The summed E-state index contributed by atoms with van der Waals surface area (Å²) in [4.78, 5) is 21.5. The largest absolute Gasteiger partial charge is 0.466 e. The van der Waals surface area contributed by atoms with Crippen molar-refractivity contribution in [1.82, 2.24) is 0 Å². The van der Waals surface area contributed by atoms with Crippen LogP contribution < -0.4 is 0 Å². The second-order valence-electron chi connectivity index (χ2n) is 5.72. The van der Waals surface area contributed by atoms with Gasteiger partial charge in [-0.05, 0) is 33.3 Å². The van der Waals surface area contributed by atoms with Crippen LogP contribution in [0.4, 0.5) is 0 Å². The molecule has 3 heteroatoms. The molecule has 0 saturated carbocycles. The third-order valence-electron chi connectivity index (χ3n) is 3.14. The number of hydrogen-bond acceptors (Lipinski definition) is 3. The van der Waals surface area contributed by atoms with Crippen molar-refractivity contribution in [1.29, 1.82) is 0 Å². The topological polar surface area (TPSA) is 43.4 Å². The Morgan fingerprint density at radius 2 is 1.04 bits per heavy atom. The monoisotopic (exact) mass is 352 g/mol. The van der Waals surface area contributed by atoms with Crippen LogP contribution in [0.15, 0.2) is 95.2 Å². The van der Waals surface area contributed by atoms with Crippen molar-refractivity contribution < 1.29 is 14.3 Å². The molecule has 0 atom stereocenters. The summed E-state index contributed by atoms with van der Waals surface area (Å²) in [5, 5.41) is 0. The Labute approximate surface area is 157 Å². The molecule has 0 aliphatic rings. The first-order chi connectivity index (χ1) is 12.4. The van der Waals surface area contributed by atoms with Gasteiger partial charge < -0.3 is 4.74 Å². The fourth-order valence-electron chi connectivity index (χ4n) is 1.59. The second-order valence-corrected chi connectivity index (χ2v) is 5.72. The Kier molecular flexibility index (Phi) is 12.8. The van der Waals surface area contributed by atoms with Crippen LogP contribution >= 0.6 is 0 Å². The highest BCUT2D eigenvalue weighted by Crippen LogP contribution is 2.01. The van der Waals surface area contributed by atoms with Crippen LogP contribution in [0, 0.1) is 0 Å². The quantitative estimate of drug-likeness (QED) is 0.242. The first-order valence-corrected chi connectivity index (χ1v) is 8.32. The SMILES string of the molecule is COC(=O)/C=C/C(C)=C\C=C\C(C)=C\C=C\C=C(C)\C=C\C=C(/C)C=O. The summed E-state index contributed by atoms with van der Waals surface area (Å²) in [5.74, 6) is -0.365. The second kappa shape index (κ2) is 14.4. The average molecular weight is 352 g/mol. The Morgan fingerprint density at radius 1 is 0.615 bits per heavy atom. The molecule has 0 aromatic rings. The number of allylic oxidation sites excluding steroid dienone is 15. The molecule has 138 valence electrons. The zero-order chi connectivity index (χ0) is 19.8. The van der Waals surface area contributed by atoms with Gasteiger partial charge in [0.1, 0.15) is 6.29 Å². The summed E-state index contributed by atoms with van der Waals surface area (Å²) < 4.78 is 4.54. The lowest BCUT2D eigenvalue weighted by molar-refractivity contribution is -0.134. The molecule has 0 aliphatic carbocycles. The van der Waals surface area contributed by atoms with Gasteiger partial charge in [-0.25, -0.2) is 4.79 Å². The summed E-state index contributed by atoms with van der Waals surface area (Å²) >= 11 is 0. The predicted molar refractivity (Wildman–Crippen MR) is 110 cm³/mol. The maximum atomic E-state index is 11.0. The number of ether oxygens (including phenoxy) is 1. The van der Waals surface area contributed by atoms with Gasteiger partial charge in [0, 0.05) is 6.08 Å². The zero-order valence-corrected chi connectivity index (χ0v) is 16.2. The number of methoxy groups -OCH3 is 1. The van der Waals surface area contributed by atoms with Gasteiger partial charge in [0.2, 0.25) is 0 Å². The van der Waals surface area contributed by atoms with Crippen molar-refractivity contribution in [2.45, 2.75) is 27.7 Å². The van der Waals surface area contributed by atoms with E-state index in [-0.39, 0.29) is 5.97 Å². The number of aldehydes is 1. The highest BCUT2D eigenvalue weighted by atomic mass is 16.5. The van der Waals surface area contributed by atoms with E-state index in [1.165, 1.54) is 13.2 Å². The smallest absolute Gasteiger partial charge is 0.330 e. The fourth-order valence-corrected chi connectivity index (χ4v) is 1.59. The molecule has 0 amide bonds.